The lowest BCUT2D eigenvalue weighted by atomic mass is 10.4. The van der Waals surface area contributed by atoms with Crippen molar-refractivity contribution >= 4 is 27.0 Å². The molecule has 1 saturated carbocycles. The zero-order valence-electron chi connectivity index (χ0n) is 11.7. The minimum atomic E-state index is -3.53. The monoisotopic (exact) mass is 326 g/mol. The van der Waals surface area contributed by atoms with E-state index in [1.807, 2.05) is 6.92 Å². The molecule has 0 aromatic carbocycles. The Kier molecular flexibility index (Phi) is 4.01. The van der Waals surface area contributed by atoms with Gasteiger partial charge in [0.25, 0.3) is 10.0 Å². The van der Waals surface area contributed by atoms with Crippen molar-refractivity contribution in [3.63, 3.8) is 0 Å². The molecule has 1 fully saturated rings. The number of anilines is 1. The fourth-order valence-electron chi connectivity index (χ4n) is 1.93. The number of hydrogen-bond donors (Lipinski definition) is 2. The number of hydrogen-bond acceptors (Lipinski definition) is 5. The van der Waals surface area contributed by atoms with Crippen molar-refractivity contribution in [3.8, 4) is 0 Å². The summed E-state index contributed by atoms with van der Waals surface area (Å²) in [5, 5.41) is 9.11. The number of rotatable bonds is 7. The molecule has 3 rings (SSSR count). The minimum absolute atomic E-state index is 0.310. The Hall–Kier alpha value is -1.38. The Bertz CT molecular complexity index is 716. The molecule has 8 heteroatoms. The first-order valence-electron chi connectivity index (χ1n) is 6.93. The van der Waals surface area contributed by atoms with E-state index in [4.69, 9.17) is 0 Å². The summed E-state index contributed by atoms with van der Waals surface area (Å²) in [6.45, 7) is 3.39. The molecular weight excluding hydrogens is 308 g/mol. The summed E-state index contributed by atoms with van der Waals surface area (Å²) >= 11 is 1.46. The quantitative estimate of drug-likeness (QED) is 0.816. The van der Waals surface area contributed by atoms with Gasteiger partial charge in [-0.25, -0.2) is 8.42 Å². The fourth-order valence-corrected chi connectivity index (χ4v) is 4.18. The van der Waals surface area contributed by atoms with Crippen LogP contribution in [-0.4, -0.2) is 24.2 Å². The van der Waals surface area contributed by atoms with Crippen molar-refractivity contribution < 1.29 is 8.42 Å². The number of thiophene rings is 1. The fraction of sp³-hybridized carbons (Fsp3) is 0.462. The van der Waals surface area contributed by atoms with Gasteiger partial charge in [0.1, 0.15) is 0 Å². The maximum absolute atomic E-state index is 12.3. The highest BCUT2D eigenvalue weighted by molar-refractivity contribution is 7.92. The highest BCUT2D eigenvalue weighted by atomic mass is 32.2. The van der Waals surface area contributed by atoms with Crippen LogP contribution in [0.4, 0.5) is 5.69 Å². The third kappa shape index (κ3) is 3.63. The summed E-state index contributed by atoms with van der Waals surface area (Å²) in [5.74, 6) is 0. The average molecular weight is 326 g/mol. The van der Waals surface area contributed by atoms with E-state index >= 15 is 0 Å². The van der Waals surface area contributed by atoms with E-state index in [9.17, 15) is 8.42 Å². The molecule has 21 heavy (non-hydrogen) atoms. The van der Waals surface area contributed by atoms with Gasteiger partial charge in [0, 0.05) is 35.6 Å². The first kappa shape index (κ1) is 14.6. The number of nitrogens with one attached hydrogen (secondary N) is 2. The van der Waals surface area contributed by atoms with Gasteiger partial charge in [0.05, 0.1) is 16.8 Å². The summed E-state index contributed by atoms with van der Waals surface area (Å²) in [7, 11) is -3.53. The Morgan fingerprint density at radius 2 is 2.29 bits per heavy atom. The van der Waals surface area contributed by atoms with Gasteiger partial charge in [-0.1, -0.05) is 0 Å². The Morgan fingerprint density at radius 1 is 1.48 bits per heavy atom. The number of aryl methyl sites for hydroxylation is 1. The third-order valence-electron chi connectivity index (χ3n) is 3.29. The lowest BCUT2D eigenvalue weighted by molar-refractivity contribution is 0.601. The second-order valence-electron chi connectivity index (χ2n) is 5.09. The van der Waals surface area contributed by atoms with E-state index in [1.165, 1.54) is 30.4 Å². The molecule has 0 amide bonds. The van der Waals surface area contributed by atoms with Crippen molar-refractivity contribution in [2.24, 2.45) is 0 Å². The van der Waals surface area contributed by atoms with E-state index in [0.29, 0.717) is 23.2 Å². The molecule has 1 aliphatic rings. The summed E-state index contributed by atoms with van der Waals surface area (Å²) in [5.41, 5.74) is 0.487. The Labute approximate surface area is 128 Å². The number of sulfonamides is 1. The molecule has 2 aromatic rings. The van der Waals surface area contributed by atoms with Crippen LogP contribution in [0.1, 0.15) is 24.6 Å². The summed E-state index contributed by atoms with van der Waals surface area (Å²) in [4.78, 5) is 1.34. The van der Waals surface area contributed by atoms with Crippen molar-refractivity contribution in [2.75, 3.05) is 4.72 Å². The Morgan fingerprint density at radius 3 is 2.95 bits per heavy atom. The zero-order chi connectivity index (χ0) is 14.9. The first-order valence-corrected chi connectivity index (χ1v) is 9.29. The molecule has 0 radical (unpaired) electrons. The van der Waals surface area contributed by atoms with Crippen molar-refractivity contribution in [1.29, 1.82) is 0 Å². The van der Waals surface area contributed by atoms with E-state index < -0.39 is 10.0 Å². The maximum Gasteiger partial charge on any atom is 0.262 e. The molecule has 0 unspecified atom stereocenters. The summed E-state index contributed by atoms with van der Waals surface area (Å²) in [6.07, 6.45) is 5.64. The first-order chi connectivity index (χ1) is 10.1. The lowest BCUT2D eigenvalue weighted by Crippen LogP contribution is -2.14. The van der Waals surface area contributed by atoms with Gasteiger partial charge in [0.2, 0.25) is 0 Å². The predicted octanol–water partition coefficient (Wildman–Crippen LogP) is 2.02. The van der Waals surface area contributed by atoms with Gasteiger partial charge in [-0.3, -0.25) is 9.40 Å². The molecule has 0 atom stereocenters. The highest BCUT2D eigenvalue weighted by Gasteiger charge is 2.21. The van der Waals surface area contributed by atoms with Crippen LogP contribution in [0.3, 0.4) is 0 Å². The topological polar surface area (TPSA) is 76.0 Å². The smallest absolute Gasteiger partial charge is 0.262 e. The van der Waals surface area contributed by atoms with Crippen molar-refractivity contribution in [3.05, 3.63) is 28.7 Å². The van der Waals surface area contributed by atoms with Crippen LogP contribution in [0.25, 0.3) is 0 Å². The molecule has 0 aliphatic heterocycles. The molecule has 0 bridgehead atoms. The predicted molar refractivity (Wildman–Crippen MR) is 82.9 cm³/mol. The molecular formula is C13H18N4O2S2. The van der Waals surface area contributed by atoms with Crippen molar-refractivity contribution in [1.82, 2.24) is 15.1 Å². The zero-order valence-corrected chi connectivity index (χ0v) is 13.4. The van der Waals surface area contributed by atoms with Gasteiger partial charge in [-0.15, -0.1) is 11.3 Å². The van der Waals surface area contributed by atoms with Crippen LogP contribution >= 0.6 is 11.3 Å². The standard InChI is InChI=1S/C13H18N4O2S2/c1-2-17-8-11(6-15-17)16-21(18,19)13-5-12(20-9-13)7-14-10-3-4-10/h5-6,8-10,14,16H,2-4,7H2,1H3. The van der Waals surface area contributed by atoms with Gasteiger partial charge in [-0.05, 0) is 25.8 Å². The van der Waals surface area contributed by atoms with Crippen molar-refractivity contribution in [2.45, 2.75) is 43.8 Å². The molecule has 1 aliphatic carbocycles. The van der Waals surface area contributed by atoms with Crippen LogP contribution in [0.5, 0.6) is 0 Å². The SMILES string of the molecule is CCn1cc(NS(=O)(=O)c2csc(CNC3CC3)c2)cn1. The van der Waals surface area contributed by atoms with Gasteiger partial charge < -0.3 is 5.32 Å². The van der Waals surface area contributed by atoms with Crippen LogP contribution < -0.4 is 10.0 Å². The molecule has 2 heterocycles. The van der Waals surface area contributed by atoms with E-state index in [1.54, 1.807) is 22.3 Å². The second-order valence-corrected chi connectivity index (χ2v) is 7.77. The van der Waals surface area contributed by atoms with Crippen LogP contribution in [-0.2, 0) is 23.1 Å². The van der Waals surface area contributed by atoms with Gasteiger partial charge in [0.15, 0.2) is 0 Å². The lowest BCUT2D eigenvalue weighted by Gasteiger charge is -2.03. The molecule has 2 aromatic heterocycles. The van der Waals surface area contributed by atoms with Gasteiger partial charge >= 0.3 is 0 Å². The van der Waals surface area contributed by atoms with Crippen LogP contribution in [0.15, 0.2) is 28.7 Å². The summed E-state index contributed by atoms with van der Waals surface area (Å²) in [6, 6.07) is 2.34. The number of nitrogens with zero attached hydrogens (tertiary/aromatic N) is 2. The van der Waals surface area contributed by atoms with Crippen LogP contribution in [0, 0.1) is 0 Å². The van der Waals surface area contributed by atoms with E-state index in [0.717, 1.165) is 11.4 Å². The molecule has 114 valence electrons. The van der Waals surface area contributed by atoms with E-state index in [2.05, 4.69) is 15.1 Å². The molecule has 0 saturated heterocycles. The second kappa shape index (κ2) is 5.78. The Balaban J connectivity index is 1.68. The van der Waals surface area contributed by atoms with Gasteiger partial charge in [-0.2, -0.15) is 5.10 Å². The largest absolute Gasteiger partial charge is 0.309 e. The average Bonchev–Trinajstić information content (AvgIpc) is 2.98. The minimum Gasteiger partial charge on any atom is -0.309 e. The highest BCUT2D eigenvalue weighted by Crippen LogP contribution is 2.24. The summed E-state index contributed by atoms with van der Waals surface area (Å²) < 4.78 is 28.8. The number of aromatic nitrogens is 2. The molecule has 0 spiro atoms. The molecule has 2 N–H and O–H groups in total. The van der Waals surface area contributed by atoms with Crippen LogP contribution in [0.2, 0.25) is 0 Å². The third-order valence-corrected chi connectivity index (χ3v) is 5.74. The van der Waals surface area contributed by atoms with E-state index in [-0.39, 0.29) is 0 Å². The molecule has 6 nitrogen and oxygen atoms in total. The maximum atomic E-state index is 12.3. The normalized spacial score (nSPS) is 15.3.